The molecule has 0 saturated heterocycles. The fourth-order valence-electron chi connectivity index (χ4n) is 4.50. The van der Waals surface area contributed by atoms with Crippen LogP contribution in [0.1, 0.15) is 77.0 Å². The Morgan fingerprint density at radius 3 is 0.938 bits per heavy atom. The fraction of sp³-hybridized carbons (Fsp3) is 1.00. The molecule has 1 heteroatoms. The van der Waals surface area contributed by atoms with Crippen molar-refractivity contribution in [1.29, 1.82) is 0 Å². The Morgan fingerprint density at radius 2 is 0.688 bits per heavy atom. The molecule has 92 valence electrons. The van der Waals surface area contributed by atoms with E-state index in [1.54, 1.807) is 77.0 Å². The van der Waals surface area contributed by atoms with Crippen molar-refractivity contribution < 1.29 is 0 Å². The molecular formula is C15H27Sb. The Kier molecular flexibility index (Phi) is 4.19. The van der Waals surface area contributed by atoms with Gasteiger partial charge in [-0.25, -0.2) is 0 Å². The van der Waals surface area contributed by atoms with Crippen LogP contribution in [-0.2, 0) is 0 Å². The molecule has 3 aliphatic rings. The molecular weight excluding hydrogens is 302 g/mol. The summed E-state index contributed by atoms with van der Waals surface area (Å²) in [4.78, 5) is 0. The van der Waals surface area contributed by atoms with Gasteiger partial charge in [0.25, 0.3) is 0 Å². The SMILES string of the molecule is C1CC[CH]([Sb]([CH]2CCCC2)[CH]2CCCC2)C1. The van der Waals surface area contributed by atoms with Crippen molar-refractivity contribution in [3.63, 3.8) is 0 Å². The third-order valence-corrected chi connectivity index (χ3v) is 16.9. The van der Waals surface area contributed by atoms with Gasteiger partial charge in [-0.3, -0.25) is 0 Å². The number of rotatable bonds is 3. The Bertz CT molecular complexity index is 169. The van der Waals surface area contributed by atoms with E-state index >= 15 is 0 Å². The van der Waals surface area contributed by atoms with E-state index in [0.717, 1.165) is 0 Å². The van der Waals surface area contributed by atoms with Crippen molar-refractivity contribution in [2.75, 3.05) is 0 Å². The van der Waals surface area contributed by atoms with E-state index in [1.807, 2.05) is 0 Å². The molecule has 3 aliphatic carbocycles. The van der Waals surface area contributed by atoms with Gasteiger partial charge in [0, 0.05) is 0 Å². The first-order valence-corrected chi connectivity index (χ1v) is 12.1. The van der Waals surface area contributed by atoms with Crippen molar-refractivity contribution in [3.8, 4) is 0 Å². The quantitative estimate of drug-likeness (QED) is 0.615. The topological polar surface area (TPSA) is 0 Å². The maximum atomic E-state index is 1.66. The van der Waals surface area contributed by atoms with E-state index in [-0.39, 0.29) is 0 Å². The molecule has 0 nitrogen and oxygen atoms in total. The second-order valence-electron chi connectivity index (χ2n) is 6.26. The van der Waals surface area contributed by atoms with Gasteiger partial charge in [-0.1, -0.05) is 0 Å². The molecule has 0 bridgehead atoms. The molecule has 0 aromatic rings. The van der Waals surface area contributed by atoms with Crippen molar-refractivity contribution >= 4 is 20.2 Å². The van der Waals surface area contributed by atoms with E-state index in [4.69, 9.17) is 0 Å². The van der Waals surface area contributed by atoms with E-state index in [2.05, 4.69) is 0 Å². The van der Waals surface area contributed by atoms with Gasteiger partial charge in [0.2, 0.25) is 0 Å². The molecule has 0 aromatic heterocycles. The Hall–Kier alpha value is 0.818. The summed E-state index contributed by atoms with van der Waals surface area (Å²) in [6, 6.07) is 0. The van der Waals surface area contributed by atoms with Gasteiger partial charge in [-0.2, -0.15) is 0 Å². The number of hydrogen-bond donors (Lipinski definition) is 0. The fourth-order valence-corrected chi connectivity index (χ4v) is 17.8. The summed E-state index contributed by atoms with van der Waals surface area (Å²) in [5.74, 6) is 0. The van der Waals surface area contributed by atoms with E-state index < -0.39 is 20.2 Å². The second-order valence-corrected chi connectivity index (χ2v) is 15.1. The molecule has 0 aliphatic heterocycles. The summed E-state index contributed by atoms with van der Waals surface area (Å²) in [5, 5.41) is 0. The van der Waals surface area contributed by atoms with Crippen LogP contribution in [0.5, 0.6) is 0 Å². The van der Waals surface area contributed by atoms with Gasteiger partial charge in [0.1, 0.15) is 0 Å². The molecule has 0 aromatic carbocycles. The van der Waals surface area contributed by atoms with Crippen LogP contribution in [0.25, 0.3) is 0 Å². The molecule has 0 heterocycles. The van der Waals surface area contributed by atoms with Crippen molar-refractivity contribution in [3.05, 3.63) is 0 Å². The van der Waals surface area contributed by atoms with E-state index in [1.165, 1.54) is 11.6 Å². The molecule has 16 heavy (non-hydrogen) atoms. The molecule has 3 saturated carbocycles. The Morgan fingerprint density at radius 1 is 0.438 bits per heavy atom. The molecule has 3 rings (SSSR count). The molecule has 0 amide bonds. The Labute approximate surface area is 109 Å². The second kappa shape index (κ2) is 5.64. The average Bonchev–Trinajstić information content (AvgIpc) is 3.02. The van der Waals surface area contributed by atoms with Gasteiger partial charge in [0.15, 0.2) is 0 Å². The van der Waals surface area contributed by atoms with Crippen LogP contribution in [0.2, 0.25) is 11.6 Å². The first kappa shape index (κ1) is 11.9. The molecule has 0 spiro atoms. The van der Waals surface area contributed by atoms with E-state index in [0.29, 0.717) is 0 Å². The normalized spacial score (nSPS) is 29.8. The standard InChI is InChI=1S/3C5H9.Sb/c3*1-2-4-5-3-1;/h3*1H,2-5H2;. The minimum absolute atomic E-state index is 0.888. The summed E-state index contributed by atoms with van der Waals surface area (Å²) < 4.78 is 3.98. The van der Waals surface area contributed by atoms with Gasteiger partial charge in [-0.05, 0) is 0 Å². The third kappa shape index (κ3) is 2.47. The van der Waals surface area contributed by atoms with Crippen LogP contribution < -0.4 is 0 Å². The van der Waals surface area contributed by atoms with Crippen LogP contribution in [0.3, 0.4) is 0 Å². The summed E-state index contributed by atoms with van der Waals surface area (Å²) >= 11 is -0.888. The summed E-state index contributed by atoms with van der Waals surface area (Å²) in [6.45, 7) is 0. The summed E-state index contributed by atoms with van der Waals surface area (Å²) in [7, 11) is 0. The van der Waals surface area contributed by atoms with Crippen LogP contribution in [0.15, 0.2) is 0 Å². The van der Waals surface area contributed by atoms with Crippen LogP contribution in [0, 0.1) is 0 Å². The third-order valence-electron chi connectivity index (χ3n) is 5.24. The van der Waals surface area contributed by atoms with Gasteiger partial charge in [-0.15, -0.1) is 0 Å². The minimum atomic E-state index is -0.888. The molecule has 0 N–H and O–H groups in total. The summed E-state index contributed by atoms with van der Waals surface area (Å²) in [5.41, 5.74) is 0. The van der Waals surface area contributed by atoms with Crippen molar-refractivity contribution in [1.82, 2.24) is 0 Å². The van der Waals surface area contributed by atoms with E-state index in [9.17, 15) is 0 Å². The van der Waals surface area contributed by atoms with Crippen molar-refractivity contribution in [2.45, 2.75) is 88.6 Å². The van der Waals surface area contributed by atoms with Crippen LogP contribution in [-0.4, -0.2) is 20.2 Å². The predicted molar refractivity (Wildman–Crippen MR) is 72.4 cm³/mol. The first-order valence-electron chi connectivity index (χ1n) is 7.72. The zero-order valence-electron chi connectivity index (χ0n) is 10.7. The zero-order chi connectivity index (χ0) is 10.8. The summed E-state index contributed by atoms with van der Waals surface area (Å²) in [6.07, 6.45) is 19.5. The van der Waals surface area contributed by atoms with Crippen LogP contribution in [0.4, 0.5) is 0 Å². The monoisotopic (exact) mass is 328 g/mol. The van der Waals surface area contributed by atoms with Gasteiger partial charge < -0.3 is 0 Å². The van der Waals surface area contributed by atoms with Gasteiger partial charge >= 0.3 is 109 Å². The van der Waals surface area contributed by atoms with Crippen molar-refractivity contribution in [2.24, 2.45) is 0 Å². The van der Waals surface area contributed by atoms with Gasteiger partial charge in [0.05, 0.1) is 0 Å². The Balaban J connectivity index is 1.70. The molecule has 3 fully saturated rings. The van der Waals surface area contributed by atoms with Crippen LogP contribution >= 0.6 is 0 Å². The molecule has 0 unspecified atom stereocenters. The molecule has 0 atom stereocenters. The number of hydrogen-bond acceptors (Lipinski definition) is 0. The average molecular weight is 329 g/mol. The predicted octanol–water partition coefficient (Wildman–Crippen LogP) is 5.31. The first-order chi connectivity index (χ1) is 7.95. The molecule has 0 radical (unpaired) electrons. The zero-order valence-corrected chi connectivity index (χ0v) is 13.2. The maximum absolute atomic E-state index is 1.66.